The Kier molecular flexibility index (Phi) is 4.56. The van der Waals surface area contributed by atoms with E-state index in [0.29, 0.717) is 12.8 Å². The van der Waals surface area contributed by atoms with E-state index in [1.54, 1.807) is 0 Å². The first-order chi connectivity index (χ1) is 10.6. The van der Waals surface area contributed by atoms with E-state index in [2.05, 4.69) is 0 Å². The second-order valence-electron chi connectivity index (χ2n) is 7.44. The van der Waals surface area contributed by atoms with Crippen molar-refractivity contribution >= 4 is 11.9 Å². The van der Waals surface area contributed by atoms with Gasteiger partial charge >= 0.3 is 11.9 Å². The predicted octanol–water partition coefficient (Wildman–Crippen LogP) is 4.13. The number of benzene rings is 1. The van der Waals surface area contributed by atoms with Gasteiger partial charge in [-0.1, -0.05) is 43.7 Å². The maximum Gasteiger partial charge on any atom is 0.312 e. The highest BCUT2D eigenvalue weighted by molar-refractivity contribution is 5.81. The number of rotatable bonds is 4. The monoisotopic (exact) mass is 318 g/mol. The summed E-state index contributed by atoms with van der Waals surface area (Å²) >= 11 is 0. The van der Waals surface area contributed by atoms with E-state index in [-0.39, 0.29) is 12.1 Å². The number of esters is 1. The second kappa shape index (κ2) is 5.99. The molecule has 1 aliphatic carbocycles. The summed E-state index contributed by atoms with van der Waals surface area (Å²) in [7, 11) is 0. The number of carboxylic acids is 1. The van der Waals surface area contributed by atoms with Crippen molar-refractivity contribution in [3.05, 3.63) is 35.4 Å². The molecule has 1 fully saturated rings. The molecule has 0 saturated heterocycles. The second-order valence-corrected chi connectivity index (χ2v) is 7.44. The third-order valence-corrected chi connectivity index (χ3v) is 5.81. The molecule has 4 nitrogen and oxygen atoms in total. The van der Waals surface area contributed by atoms with Gasteiger partial charge in [0.1, 0.15) is 6.10 Å². The van der Waals surface area contributed by atoms with Crippen molar-refractivity contribution in [2.24, 2.45) is 16.7 Å². The Morgan fingerprint density at radius 3 is 2.26 bits per heavy atom. The van der Waals surface area contributed by atoms with Gasteiger partial charge in [-0.05, 0) is 44.6 Å². The molecule has 1 aliphatic rings. The standard InChI is InChI=1S/C19H26O4/c1-12-6-8-14(9-7-12)13(2)23-17(22)19(5)11-10-15(16(20)21)18(19,3)4/h6-9,13,15H,10-11H2,1-5H3,(H,20,21)/t13?,15?,19-/m0/s1. The third-order valence-electron chi connectivity index (χ3n) is 5.81. The minimum absolute atomic E-state index is 0.306. The van der Waals surface area contributed by atoms with Gasteiger partial charge in [-0.25, -0.2) is 0 Å². The van der Waals surface area contributed by atoms with E-state index in [1.165, 1.54) is 0 Å². The quantitative estimate of drug-likeness (QED) is 0.848. The van der Waals surface area contributed by atoms with Crippen LogP contribution in [0.4, 0.5) is 0 Å². The van der Waals surface area contributed by atoms with Crippen LogP contribution in [-0.2, 0) is 14.3 Å². The first-order valence-electron chi connectivity index (χ1n) is 8.10. The van der Waals surface area contributed by atoms with Gasteiger partial charge < -0.3 is 9.84 Å². The van der Waals surface area contributed by atoms with Crippen molar-refractivity contribution < 1.29 is 19.4 Å². The number of ether oxygens (including phenoxy) is 1. The van der Waals surface area contributed by atoms with Crippen LogP contribution in [0.3, 0.4) is 0 Å². The third kappa shape index (κ3) is 2.99. The minimum atomic E-state index is -0.835. The minimum Gasteiger partial charge on any atom is -0.481 e. The first kappa shape index (κ1) is 17.5. The van der Waals surface area contributed by atoms with Crippen LogP contribution in [0.1, 0.15) is 57.8 Å². The average molecular weight is 318 g/mol. The Morgan fingerprint density at radius 1 is 1.22 bits per heavy atom. The van der Waals surface area contributed by atoms with Crippen molar-refractivity contribution in [2.75, 3.05) is 0 Å². The molecular weight excluding hydrogens is 292 g/mol. The maximum atomic E-state index is 12.8. The molecule has 1 aromatic carbocycles. The number of hydrogen-bond acceptors (Lipinski definition) is 3. The largest absolute Gasteiger partial charge is 0.481 e. The molecule has 0 amide bonds. The lowest BCUT2D eigenvalue weighted by molar-refractivity contribution is -0.168. The summed E-state index contributed by atoms with van der Waals surface area (Å²) in [5.74, 6) is -1.66. The van der Waals surface area contributed by atoms with Gasteiger partial charge in [0.2, 0.25) is 0 Å². The van der Waals surface area contributed by atoms with Crippen LogP contribution in [0.5, 0.6) is 0 Å². The van der Waals surface area contributed by atoms with Crippen molar-refractivity contribution in [1.29, 1.82) is 0 Å². The molecule has 0 heterocycles. The average Bonchev–Trinajstić information content (AvgIpc) is 2.71. The van der Waals surface area contributed by atoms with E-state index in [0.717, 1.165) is 11.1 Å². The molecule has 0 bridgehead atoms. The van der Waals surface area contributed by atoms with Gasteiger partial charge in [-0.3, -0.25) is 9.59 Å². The van der Waals surface area contributed by atoms with Gasteiger partial charge in [0.25, 0.3) is 0 Å². The number of carbonyl (C=O) groups is 2. The maximum absolute atomic E-state index is 12.8. The smallest absolute Gasteiger partial charge is 0.312 e. The molecule has 0 radical (unpaired) electrons. The first-order valence-corrected chi connectivity index (χ1v) is 8.10. The molecule has 1 saturated carbocycles. The predicted molar refractivity (Wildman–Crippen MR) is 87.9 cm³/mol. The van der Waals surface area contributed by atoms with Gasteiger partial charge in [0.15, 0.2) is 0 Å². The molecule has 2 unspecified atom stereocenters. The lowest BCUT2D eigenvalue weighted by Gasteiger charge is -2.38. The number of aliphatic carboxylic acids is 1. The zero-order valence-corrected chi connectivity index (χ0v) is 14.6. The summed E-state index contributed by atoms with van der Waals surface area (Å²) in [6.45, 7) is 9.41. The SMILES string of the molecule is Cc1ccc(C(C)OC(=O)[C@]2(C)CCC(C(=O)O)C2(C)C)cc1. The van der Waals surface area contributed by atoms with Crippen molar-refractivity contribution in [2.45, 2.75) is 53.6 Å². The number of hydrogen-bond donors (Lipinski definition) is 1. The molecular formula is C19H26O4. The molecule has 23 heavy (non-hydrogen) atoms. The van der Waals surface area contributed by atoms with Crippen molar-refractivity contribution in [1.82, 2.24) is 0 Å². The summed E-state index contributed by atoms with van der Waals surface area (Å²) in [5.41, 5.74) is 0.677. The fourth-order valence-corrected chi connectivity index (χ4v) is 3.49. The van der Waals surface area contributed by atoms with Crippen LogP contribution in [-0.4, -0.2) is 17.0 Å². The fraction of sp³-hybridized carbons (Fsp3) is 0.579. The summed E-state index contributed by atoms with van der Waals surface area (Å²) in [6, 6.07) is 7.88. The Labute approximate surface area is 137 Å². The van der Waals surface area contributed by atoms with Crippen LogP contribution in [0.25, 0.3) is 0 Å². The van der Waals surface area contributed by atoms with E-state index >= 15 is 0 Å². The Bertz CT molecular complexity index is 602. The van der Waals surface area contributed by atoms with Crippen molar-refractivity contribution in [3.63, 3.8) is 0 Å². The molecule has 0 aliphatic heterocycles. The van der Waals surface area contributed by atoms with E-state index in [9.17, 15) is 14.7 Å². The van der Waals surface area contributed by atoms with Gasteiger partial charge in [0.05, 0.1) is 11.3 Å². The van der Waals surface area contributed by atoms with Crippen LogP contribution >= 0.6 is 0 Å². The molecule has 2 rings (SSSR count). The molecule has 0 spiro atoms. The summed E-state index contributed by atoms with van der Waals surface area (Å²) in [5, 5.41) is 9.40. The van der Waals surface area contributed by atoms with E-state index in [4.69, 9.17) is 4.74 Å². The van der Waals surface area contributed by atoms with Crippen LogP contribution in [0, 0.1) is 23.7 Å². The topological polar surface area (TPSA) is 63.6 Å². The lowest BCUT2D eigenvalue weighted by Crippen LogP contribution is -2.43. The Balaban J connectivity index is 2.16. The van der Waals surface area contributed by atoms with Crippen LogP contribution in [0.15, 0.2) is 24.3 Å². The molecule has 3 atom stereocenters. The van der Waals surface area contributed by atoms with Crippen LogP contribution < -0.4 is 0 Å². The summed E-state index contributed by atoms with van der Waals surface area (Å²) < 4.78 is 5.70. The normalized spacial score (nSPS) is 27.4. The zero-order chi connectivity index (χ0) is 17.4. The number of carboxylic acid groups (broad SMARTS) is 1. The lowest BCUT2D eigenvalue weighted by atomic mass is 9.65. The summed E-state index contributed by atoms with van der Waals surface area (Å²) in [4.78, 5) is 24.2. The highest BCUT2D eigenvalue weighted by Crippen LogP contribution is 2.56. The van der Waals surface area contributed by atoms with E-state index in [1.807, 2.05) is 58.9 Å². The molecule has 4 heteroatoms. The van der Waals surface area contributed by atoms with Gasteiger partial charge in [-0.2, -0.15) is 0 Å². The zero-order valence-electron chi connectivity index (χ0n) is 14.6. The highest BCUT2D eigenvalue weighted by Gasteiger charge is 2.59. The molecule has 126 valence electrons. The Hall–Kier alpha value is -1.84. The van der Waals surface area contributed by atoms with Gasteiger partial charge in [0, 0.05) is 0 Å². The summed E-state index contributed by atoms with van der Waals surface area (Å²) in [6.07, 6.45) is 0.697. The fourth-order valence-electron chi connectivity index (χ4n) is 3.49. The molecule has 0 aromatic heterocycles. The van der Waals surface area contributed by atoms with Gasteiger partial charge in [-0.15, -0.1) is 0 Å². The molecule has 1 aromatic rings. The van der Waals surface area contributed by atoms with Crippen molar-refractivity contribution in [3.8, 4) is 0 Å². The highest BCUT2D eigenvalue weighted by atomic mass is 16.5. The van der Waals surface area contributed by atoms with Crippen LogP contribution in [0.2, 0.25) is 0 Å². The number of aryl methyl sites for hydroxylation is 1. The van der Waals surface area contributed by atoms with E-state index < -0.39 is 22.7 Å². The number of carbonyl (C=O) groups excluding carboxylic acids is 1. The molecule has 1 N–H and O–H groups in total. The Morgan fingerprint density at radius 2 is 1.78 bits per heavy atom.